The highest BCUT2D eigenvalue weighted by Gasteiger charge is 2.27. The average molecular weight is 269 g/mol. The van der Waals surface area contributed by atoms with Gasteiger partial charge in [-0.05, 0) is 64.6 Å². The van der Waals surface area contributed by atoms with E-state index in [0.29, 0.717) is 0 Å². The first-order valence-corrected chi connectivity index (χ1v) is 5.22. The van der Waals surface area contributed by atoms with E-state index >= 15 is 0 Å². The number of hydrogen-bond donors (Lipinski definition) is 0. The van der Waals surface area contributed by atoms with Gasteiger partial charge in [0.1, 0.15) is 0 Å². The molecule has 1 fully saturated rings. The molecule has 1 aromatic carbocycles. The Kier molecular flexibility index (Phi) is 2.22. The van der Waals surface area contributed by atoms with E-state index in [1.54, 1.807) is 0 Å². The Labute approximate surface area is 86.8 Å². The second-order valence-electron chi connectivity index (χ2n) is 3.15. The lowest BCUT2D eigenvalue weighted by Crippen LogP contribution is -1.90. The number of hydrogen-bond acceptors (Lipinski definition) is 0. The van der Waals surface area contributed by atoms with Crippen LogP contribution in [0.5, 0.6) is 0 Å². The molecule has 1 aromatic rings. The van der Waals surface area contributed by atoms with E-state index < -0.39 is 0 Å². The molecule has 0 bridgehead atoms. The average Bonchev–Trinajstić information content (AvgIpc) is 2.87. The van der Waals surface area contributed by atoms with Gasteiger partial charge < -0.3 is 0 Å². The van der Waals surface area contributed by atoms with Crippen molar-refractivity contribution >= 4 is 22.6 Å². The summed E-state index contributed by atoms with van der Waals surface area (Å²) in [6.45, 7) is 3.71. The fourth-order valence-corrected chi connectivity index (χ4v) is 2.42. The fraction of sp³-hybridized carbons (Fsp3) is 0.273. The van der Waals surface area contributed by atoms with E-state index in [9.17, 15) is 0 Å². The van der Waals surface area contributed by atoms with Gasteiger partial charge in [0.2, 0.25) is 0 Å². The molecule has 0 saturated heterocycles. The summed E-state index contributed by atoms with van der Waals surface area (Å²) in [6, 6.07) is 6.33. The third-order valence-corrected chi connectivity index (χ3v) is 3.17. The molecule has 12 heavy (non-hydrogen) atoms. The van der Waals surface area contributed by atoms with Crippen LogP contribution in [0.15, 0.2) is 24.8 Å². The van der Waals surface area contributed by atoms with Crippen LogP contribution in [-0.4, -0.2) is 0 Å². The summed E-state index contributed by atoms with van der Waals surface area (Å²) in [4.78, 5) is 0. The molecule has 1 aliphatic carbocycles. The van der Waals surface area contributed by atoms with Crippen molar-refractivity contribution in [2.45, 2.75) is 18.8 Å². The zero-order valence-electron chi connectivity index (χ0n) is 6.81. The molecule has 1 saturated carbocycles. The zero-order chi connectivity index (χ0) is 8.55. The predicted octanol–water partition coefficient (Wildman–Crippen LogP) is 3.51. The second kappa shape index (κ2) is 3.21. The minimum Gasteiger partial charge on any atom is -0.0905 e. The molecule has 0 N–H and O–H groups in total. The van der Waals surface area contributed by atoms with Crippen LogP contribution in [0, 0.1) is 9.65 Å². The Morgan fingerprint density at radius 1 is 1.42 bits per heavy atom. The van der Waals surface area contributed by atoms with Crippen LogP contribution in [0.2, 0.25) is 0 Å². The number of benzene rings is 1. The summed E-state index contributed by atoms with van der Waals surface area (Å²) in [7, 11) is 0. The Hall–Kier alpha value is -0.310. The van der Waals surface area contributed by atoms with Crippen molar-refractivity contribution in [3.63, 3.8) is 0 Å². The van der Waals surface area contributed by atoms with Crippen LogP contribution in [0.25, 0.3) is 0 Å². The van der Waals surface area contributed by atoms with Crippen LogP contribution in [0.3, 0.4) is 0 Å². The van der Waals surface area contributed by atoms with Gasteiger partial charge in [-0.2, -0.15) is 0 Å². The number of rotatable bonds is 2. The van der Waals surface area contributed by atoms with E-state index in [0.717, 1.165) is 5.92 Å². The molecule has 61 valence electrons. The van der Waals surface area contributed by atoms with E-state index in [2.05, 4.69) is 53.4 Å². The summed E-state index contributed by atoms with van der Waals surface area (Å²) in [5.41, 5.74) is 2.66. The standard InChI is InChI=1S/C11H10I/c1-2-8-4-3-5-10(12)11(8)9-6-7-9/h3-5,9H,1,6-7H2. The van der Waals surface area contributed by atoms with Gasteiger partial charge >= 0.3 is 0 Å². The maximum Gasteiger partial charge on any atom is 0.0171 e. The SMILES string of the molecule is C=[C]c1cccc(I)c1C1CC1. The lowest BCUT2D eigenvalue weighted by molar-refractivity contribution is 1.10. The highest BCUT2D eigenvalue weighted by Crippen LogP contribution is 2.43. The Bertz CT molecular complexity index is 311. The second-order valence-corrected chi connectivity index (χ2v) is 4.31. The molecule has 0 spiro atoms. The molecule has 1 heteroatoms. The van der Waals surface area contributed by atoms with Gasteiger partial charge in [0.25, 0.3) is 0 Å². The molecule has 1 radical (unpaired) electrons. The third-order valence-electron chi connectivity index (χ3n) is 2.23. The molecule has 0 nitrogen and oxygen atoms in total. The highest BCUT2D eigenvalue weighted by molar-refractivity contribution is 14.1. The van der Waals surface area contributed by atoms with E-state index in [1.165, 1.54) is 27.5 Å². The monoisotopic (exact) mass is 269 g/mol. The van der Waals surface area contributed by atoms with E-state index in [4.69, 9.17) is 0 Å². The van der Waals surface area contributed by atoms with Crippen LogP contribution in [0.4, 0.5) is 0 Å². The largest absolute Gasteiger partial charge is 0.0905 e. The fourth-order valence-electron chi connectivity index (χ4n) is 1.48. The first kappa shape index (κ1) is 8.30. The summed E-state index contributed by atoms with van der Waals surface area (Å²) < 4.78 is 1.36. The van der Waals surface area contributed by atoms with Crippen molar-refractivity contribution in [2.24, 2.45) is 0 Å². The molecule has 2 rings (SSSR count). The van der Waals surface area contributed by atoms with E-state index in [1.807, 2.05) is 0 Å². The molecule has 1 aliphatic rings. The summed E-state index contributed by atoms with van der Waals surface area (Å²) in [6.07, 6.45) is 5.69. The van der Waals surface area contributed by atoms with Gasteiger partial charge in [-0.1, -0.05) is 18.7 Å². The quantitative estimate of drug-likeness (QED) is 0.721. The Morgan fingerprint density at radius 2 is 2.17 bits per heavy atom. The first-order chi connectivity index (χ1) is 5.83. The third kappa shape index (κ3) is 1.42. The van der Waals surface area contributed by atoms with Crippen molar-refractivity contribution in [1.82, 2.24) is 0 Å². The summed E-state index contributed by atoms with van der Waals surface area (Å²) >= 11 is 2.40. The normalized spacial score (nSPS) is 16.1. The van der Waals surface area contributed by atoms with Crippen molar-refractivity contribution < 1.29 is 0 Å². The molecule has 0 atom stereocenters. The van der Waals surface area contributed by atoms with Crippen molar-refractivity contribution in [3.05, 3.63) is 45.6 Å². The lowest BCUT2D eigenvalue weighted by Gasteiger charge is -2.05. The molecule has 0 unspecified atom stereocenters. The van der Waals surface area contributed by atoms with Crippen LogP contribution in [0.1, 0.15) is 29.9 Å². The van der Waals surface area contributed by atoms with Crippen molar-refractivity contribution in [1.29, 1.82) is 0 Å². The molecule has 0 aliphatic heterocycles. The minimum atomic E-state index is 0.794. The first-order valence-electron chi connectivity index (χ1n) is 4.14. The molecule has 0 heterocycles. The zero-order valence-corrected chi connectivity index (χ0v) is 8.97. The molecular weight excluding hydrogens is 259 g/mol. The molecular formula is C11H10I. The topological polar surface area (TPSA) is 0 Å². The van der Waals surface area contributed by atoms with Gasteiger partial charge in [0, 0.05) is 3.57 Å². The highest BCUT2D eigenvalue weighted by atomic mass is 127. The summed E-state index contributed by atoms with van der Waals surface area (Å²) in [5, 5.41) is 0. The number of halogens is 1. The van der Waals surface area contributed by atoms with Crippen LogP contribution in [-0.2, 0) is 0 Å². The van der Waals surface area contributed by atoms with Crippen molar-refractivity contribution in [2.75, 3.05) is 0 Å². The summed E-state index contributed by atoms with van der Waals surface area (Å²) in [5.74, 6) is 0.794. The van der Waals surface area contributed by atoms with Gasteiger partial charge in [-0.3, -0.25) is 0 Å². The van der Waals surface area contributed by atoms with Crippen molar-refractivity contribution in [3.8, 4) is 0 Å². The van der Waals surface area contributed by atoms with E-state index in [-0.39, 0.29) is 0 Å². The maximum absolute atomic E-state index is 3.71. The molecule has 0 amide bonds. The minimum absolute atomic E-state index is 0.794. The lowest BCUT2D eigenvalue weighted by atomic mass is 10.0. The maximum atomic E-state index is 3.71. The Balaban J connectivity index is 2.52. The smallest absolute Gasteiger partial charge is 0.0171 e. The van der Waals surface area contributed by atoms with Gasteiger partial charge in [-0.25, -0.2) is 0 Å². The van der Waals surface area contributed by atoms with Gasteiger partial charge in [-0.15, -0.1) is 0 Å². The predicted molar refractivity (Wildman–Crippen MR) is 59.1 cm³/mol. The Morgan fingerprint density at radius 3 is 2.75 bits per heavy atom. The molecule has 0 aromatic heterocycles. The van der Waals surface area contributed by atoms with Crippen LogP contribution >= 0.6 is 22.6 Å². The van der Waals surface area contributed by atoms with Gasteiger partial charge in [0.15, 0.2) is 0 Å². The van der Waals surface area contributed by atoms with Gasteiger partial charge in [0.05, 0.1) is 0 Å². The van der Waals surface area contributed by atoms with Crippen LogP contribution < -0.4 is 0 Å².